The molecule has 1 aliphatic carbocycles. The van der Waals surface area contributed by atoms with Crippen LogP contribution in [0.25, 0.3) is 0 Å². The predicted octanol–water partition coefficient (Wildman–Crippen LogP) is 1.13. The Kier molecular flexibility index (Phi) is 4.45. The van der Waals surface area contributed by atoms with E-state index in [1.54, 1.807) is 10.7 Å². The summed E-state index contributed by atoms with van der Waals surface area (Å²) in [6.45, 7) is 3.58. The molecule has 24 heavy (non-hydrogen) atoms. The van der Waals surface area contributed by atoms with Crippen molar-refractivity contribution in [2.45, 2.75) is 62.6 Å². The van der Waals surface area contributed by atoms with E-state index >= 15 is 0 Å². The summed E-state index contributed by atoms with van der Waals surface area (Å²) in [6.07, 6.45) is 5.96. The Labute approximate surface area is 142 Å². The molecule has 3 aliphatic rings. The molecule has 0 radical (unpaired) electrons. The van der Waals surface area contributed by atoms with Gasteiger partial charge in [-0.2, -0.15) is 5.10 Å². The van der Waals surface area contributed by atoms with Gasteiger partial charge in [-0.15, -0.1) is 0 Å². The number of hydrogen-bond donors (Lipinski definition) is 1. The summed E-state index contributed by atoms with van der Waals surface area (Å²) in [5.41, 5.74) is 0.396. The van der Waals surface area contributed by atoms with Gasteiger partial charge in [-0.3, -0.25) is 9.69 Å². The second-order valence-electron chi connectivity index (χ2n) is 7.66. The molecule has 132 valence electrons. The van der Waals surface area contributed by atoms with Crippen molar-refractivity contribution in [1.82, 2.24) is 14.7 Å². The van der Waals surface area contributed by atoms with Crippen LogP contribution in [0.15, 0.2) is 16.9 Å². The molecule has 1 atom stereocenters. The lowest BCUT2D eigenvalue weighted by molar-refractivity contribution is -0.0821. The van der Waals surface area contributed by atoms with E-state index in [1.807, 2.05) is 6.07 Å². The van der Waals surface area contributed by atoms with E-state index in [-0.39, 0.29) is 11.6 Å². The Balaban J connectivity index is 1.45. The highest BCUT2D eigenvalue weighted by molar-refractivity contribution is 5.12. The number of nitrogens with zero attached hydrogens (tertiary/aromatic N) is 3. The third-order valence-corrected chi connectivity index (χ3v) is 5.69. The highest BCUT2D eigenvalue weighted by Gasteiger charge is 2.36. The first kappa shape index (κ1) is 16.2. The zero-order chi connectivity index (χ0) is 16.6. The number of hydrogen-bond acceptors (Lipinski definition) is 5. The summed E-state index contributed by atoms with van der Waals surface area (Å²) in [7, 11) is 0. The maximum absolute atomic E-state index is 12.2. The van der Waals surface area contributed by atoms with Crippen molar-refractivity contribution in [1.29, 1.82) is 0 Å². The van der Waals surface area contributed by atoms with Crippen LogP contribution in [0.5, 0.6) is 0 Å². The van der Waals surface area contributed by atoms with Crippen LogP contribution in [0.1, 0.15) is 50.1 Å². The number of β-amino-alcohol motifs (C(OH)–C–C–N with tert-alkyl or cyclic N) is 1. The third kappa shape index (κ3) is 3.55. The Morgan fingerprint density at radius 2 is 2.04 bits per heavy atom. The van der Waals surface area contributed by atoms with E-state index in [4.69, 9.17) is 4.74 Å². The Hall–Kier alpha value is -1.24. The molecule has 2 saturated heterocycles. The van der Waals surface area contributed by atoms with Gasteiger partial charge in [0.25, 0.3) is 5.56 Å². The molecule has 6 nitrogen and oxygen atoms in total. The summed E-state index contributed by atoms with van der Waals surface area (Å²) in [4.78, 5) is 14.5. The topological polar surface area (TPSA) is 67.6 Å². The molecule has 0 spiro atoms. The average Bonchev–Trinajstić information content (AvgIpc) is 3.33. The molecule has 2 aliphatic heterocycles. The molecule has 3 heterocycles. The lowest BCUT2D eigenvalue weighted by Gasteiger charge is -2.37. The predicted molar refractivity (Wildman–Crippen MR) is 90.1 cm³/mol. The van der Waals surface area contributed by atoms with Crippen molar-refractivity contribution in [3.8, 4) is 0 Å². The van der Waals surface area contributed by atoms with E-state index in [0.717, 1.165) is 25.1 Å². The normalized spacial score (nSPS) is 27.5. The molecule has 1 unspecified atom stereocenters. The van der Waals surface area contributed by atoms with Gasteiger partial charge in [0.2, 0.25) is 0 Å². The molecule has 1 aromatic heterocycles. The first-order valence-corrected chi connectivity index (χ1v) is 9.25. The maximum Gasteiger partial charge on any atom is 0.266 e. The summed E-state index contributed by atoms with van der Waals surface area (Å²) >= 11 is 0. The minimum absolute atomic E-state index is 0.0176. The van der Waals surface area contributed by atoms with Gasteiger partial charge in [0.1, 0.15) is 0 Å². The summed E-state index contributed by atoms with van der Waals surface area (Å²) in [5, 5.41) is 15.4. The highest BCUT2D eigenvalue weighted by Crippen LogP contribution is 2.38. The molecule has 4 rings (SSSR count). The van der Waals surface area contributed by atoms with Crippen LogP contribution >= 0.6 is 0 Å². The maximum atomic E-state index is 12.2. The van der Waals surface area contributed by atoms with Gasteiger partial charge < -0.3 is 9.84 Å². The molecule has 0 amide bonds. The number of aromatic nitrogens is 2. The van der Waals surface area contributed by atoms with E-state index in [1.165, 1.54) is 12.8 Å². The third-order valence-electron chi connectivity index (χ3n) is 5.69. The number of ether oxygens (including phenoxy) is 1. The zero-order valence-electron chi connectivity index (χ0n) is 14.2. The van der Waals surface area contributed by atoms with Crippen LogP contribution in [0.2, 0.25) is 0 Å². The number of likely N-dealkylation sites (tertiary alicyclic amines) is 1. The lowest BCUT2D eigenvalue weighted by Crippen LogP contribution is -2.49. The van der Waals surface area contributed by atoms with Crippen LogP contribution in [0.3, 0.4) is 0 Å². The largest absolute Gasteiger partial charge is 0.388 e. The fourth-order valence-electron chi connectivity index (χ4n) is 3.99. The summed E-state index contributed by atoms with van der Waals surface area (Å²) in [6, 6.07) is 3.83. The van der Waals surface area contributed by atoms with Crippen molar-refractivity contribution in [3.63, 3.8) is 0 Å². The first-order valence-electron chi connectivity index (χ1n) is 9.25. The second kappa shape index (κ2) is 6.58. The molecule has 1 N–H and O–H groups in total. The fourth-order valence-corrected chi connectivity index (χ4v) is 3.99. The van der Waals surface area contributed by atoms with Crippen LogP contribution in [0, 0.1) is 0 Å². The van der Waals surface area contributed by atoms with E-state index in [2.05, 4.69) is 10.00 Å². The van der Waals surface area contributed by atoms with Crippen molar-refractivity contribution < 1.29 is 9.84 Å². The van der Waals surface area contributed by atoms with Crippen LogP contribution in [-0.2, 0) is 11.3 Å². The lowest BCUT2D eigenvalue weighted by atomic mass is 9.93. The average molecular weight is 333 g/mol. The summed E-state index contributed by atoms with van der Waals surface area (Å²) in [5.74, 6) is 0.555. The molecule has 0 aromatic carbocycles. The standard InChI is InChI=1S/C18H27N3O3/c22-17-6-5-16(14-3-4-14)19-21(17)12-15-2-1-9-20(15)13-18(23)7-10-24-11-8-18/h5-6,14-15,23H,1-4,7-13H2. The van der Waals surface area contributed by atoms with Crippen molar-refractivity contribution in [3.05, 3.63) is 28.2 Å². The number of rotatable bonds is 5. The van der Waals surface area contributed by atoms with Gasteiger partial charge in [0.15, 0.2) is 0 Å². The zero-order valence-corrected chi connectivity index (χ0v) is 14.2. The summed E-state index contributed by atoms with van der Waals surface area (Å²) < 4.78 is 7.02. The van der Waals surface area contributed by atoms with Crippen molar-refractivity contribution in [2.75, 3.05) is 26.3 Å². The monoisotopic (exact) mass is 333 g/mol. The van der Waals surface area contributed by atoms with Crippen molar-refractivity contribution >= 4 is 0 Å². The SMILES string of the molecule is O=c1ccc(C2CC2)nn1CC1CCCN1CC1(O)CCOCC1. The smallest absolute Gasteiger partial charge is 0.266 e. The van der Waals surface area contributed by atoms with Crippen LogP contribution in [-0.4, -0.2) is 57.7 Å². The number of aliphatic hydroxyl groups is 1. The van der Waals surface area contributed by atoms with Gasteiger partial charge in [-0.05, 0) is 38.3 Å². The molecule has 1 aromatic rings. The van der Waals surface area contributed by atoms with Crippen molar-refractivity contribution in [2.24, 2.45) is 0 Å². The Morgan fingerprint density at radius 1 is 1.25 bits per heavy atom. The molecule has 0 bridgehead atoms. The Bertz CT molecular complexity index is 635. The van der Waals surface area contributed by atoms with E-state index in [9.17, 15) is 9.90 Å². The quantitative estimate of drug-likeness (QED) is 0.875. The van der Waals surface area contributed by atoms with Gasteiger partial charge in [-0.1, -0.05) is 0 Å². The second-order valence-corrected chi connectivity index (χ2v) is 7.66. The molecular weight excluding hydrogens is 306 g/mol. The minimum Gasteiger partial charge on any atom is -0.388 e. The highest BCUT2D eigenvalue weighted by atomic mass is 16.5. The molecule has 1 saturated carbocycles. The van der Waals surface area contributed by atoms with Gasteiger partial charge in [0, 0.05) is 50.6 Å². The van der Waals surface area contributed by atoms with Gasteiger partial charge in [-0.25, -0.2) is 4.68 Å². The van der Waals surface area contributed by atoms with E-state index < -0.39 is 5.60 Å². The van der Waals surface area contributed by atoms with Crippen LogP contribution in [0.4, 0.5) is 0 Å². The molecular formula is C18H27N3O3. The minimum atomic E-state index is -0.644. The first-order chi connectivity index (χ1) is 11.6. The van der Waals surface area contributed by atoms with Gasteiger partial charge in [0.05, 0.1) is 17.8 Å². The van der Waals surface area contributed by atoms with Gasteiger partial charge >= 0.3 is 0 Å². The Morgan fingerprint density at radius 3 is 2.79 bits per heavy atom. The van der Waals surface area contributed by atoms with E-state index in [0.29, 0.717) is 45.1 Å². The van der Waals surface area contributed by atoms with Crippen LogP contribution < -0.4 is 5.56 Å². The fraction of sp³-hybridized carbons (Fsp3) is 0.778. The molecule has 3 fully saturated rings. The molecule has 6 heteroatoms.